The van der Waals surface area contributed by atoms with E-state index in [0.29, 0.717) is 10.6 Å². The number of halogens is 1. The van der Waals surface area contributed by atoms with E-state index in [1.165, 1.54) is 30.0 Å². The molecule has 5 nitrogen and oxygen atoms in total. The Labute approximate surface area is 106 Å². The number of aromatic carboxylic acids is 1. The van der Waals surface area contributed by atoms with E-state index >= 15 is 0 Å². The predicted molar refractivity (Wildman–Crippen MR) is 63.8 cm³/mol. The fourth-order valence-electron chi connectivity index (χ4n) is 1.32. The summed E-state index contributed by atoms with van der Waals surface area (Å²) in [6, 6.07) is 4.00. The normalized spacial score (nSPS) is 10.5. The molecule has 7 heteroatoms. The van der Waals surface area contributed by atoms with Crippen LogP contribution in [0, 0.1) is 5.82 Å². The third kappa shape index (κ3) is 2.62. The van der Waals surface area contributed by atoms with Gasteiger partial charge in [-0.1, -0.05) is 5.16 Å². The summed E-state index contributed by atoms with van der Waals surface area (Å²) >= 11 is 1.19. The summed E-state index contributed by atoms with van der Waals surface area (Å²) < 4.78 is 17.9. The van der Waals surface area contributed by atoms with Gasteiger partial charge in [0.1, 0.15) is 11.4 Å². The number of hydrogen-bond acceptors (Lipinski definition) is 5. The van der Waals surface area contributed by atoms with E-state index in [4.69, 9.17) is 15.4 Å². The van der Waals surface area contributed by atoms with E-state index in [-0.39, 0.29) is 17.1 Å². The van der Waals surface area contributed by atoms with Gasteiger partial charge < -0.3 is 15.4 Å². The van der Waals surface area contributed by atoms with Crippen LogP contribution in [0.1, 0.15) is 16.1 Å². The van der Waals surface area contributed by atoms with E-state index in [0.717, 1.165) is 6.20 Å². The van der Waals surface area contributed by atoms with Gasteiger partial charge in [0, 0.05) is 10.6 Å². The topological polar surface area (TPSA) is 89.4 Å². The molecule has 0 aliphatic carbocycles. The van der Waals surface area contributed by atoms with Crippen LogP contribution < -0.4 is 5.73 Å². The first-order chi connectivity index (χ1) is 8.58. The van der Waals surface area contributed by atoms with E-state index in [1.54, 1.807) is 0 Å². The number of nitrogens with two attached hydrogens (primary N) is 1. The van der Waals surface area contributed by atoms with Gasteiger partial charge in [0.05, 0.1) is 11.9 Å². The van der Waals surface area contributed by atoms with E-state index < -0.39 is 11.8 Å². The molecule has 1 aromatic heterocycles. The summed E-state index contributed by atoms with van der Waals surface area (Å²) in [5.74, 6) is -1.08. The smallest absolute Gasteiger partial charge is 0.341 e. The standard InChI is InChI=1S/C11H9FN2O3S/c12-6-1-2-8(13)10(3-6)18-5-9-7(11(15)16)4-14-17-9/h1-4H,5,13H2,(H,15,16). The molecular weight excluding hydrogens is 259 g/mol. The quantitative estimate of drug-likeness (QED) is 0.653. The number of thioether (sulfide) groups is 1. The number of nitrogen functional groups attached to an aromatic ring is 1. The minimum Gasteiger partial charge on any atom is -0.478 e. The van der Waals surface area contributed by atoms with Gasteiger partial charge in [0.15, 0.2) is 5.76 Å². The van der Waals surface area contributed by atoms with Crippen molar-refractivity contribution in [3.63, 3.8) is 0 Å². The number of nitrogens with zero attached hydrogens (tertiary/aromatic N) is 1. The lowest BCUT2D eigenvalue weighted by atomic mass is 10.3. The Morgan fingerprint density at radius 1 is 1.56 bits per heavy atom. The van der Waals surface area contributed by atoms with Crippen LogP contribution in [0.3, 0.4) is 0 Å². The second-order valence-electron chi connectivity index (χ2n) is 3.44. The van der Waals surface area contributed by atoms with Crippen LogP contribution in [0.4, 0.5) is 10.1 Å². The number of carboxylic acid groups (broad SMARTS) is 1. The van der Waals surface area contributed by atoms with Crippen molar-refractivity contribution >= 4 is 23.4 Å². The Morgan fingerprint density at radius 3 is 3.06 bits per heavy atom. The maximum Gasteiger partial charge on any atom is 0.341 e. The summed E-state index contributed by atoms with van der Waals surface area (Å²) in [5, 5.41) is 12.3. The zero-order valence-corrected chi connectivity index (χ0v) is 9.91. The fraction of sp³-hybridized carbons (Fsp3) is 0.0909. The second kappa shape index (κ2) is 5.09. The molecule has 0 atom stereocenters. The lowest BCUT2D eigenvalue weighted by Crippen LogP contribution is -1.98. The first-order valence-electron chi connectivity index (χ1n) is 4.92. The first kappa shape index (κ1) is 12.4. The molecule has 0 amide bonds. The molecule has 3 N–H and O–H groups in total. The largest absolute Gasteiger partial charge is 0.478 e. The SMILES string of the molecule is Nc1ccc(F)cc1SCc1oncc1C(=O)O. The number of carboxylic acids is 1. The molecule has 1 heterocycles. The van der Waals surface area contributed by atoms with Crippen LogP contribution in [0.25, 0.3) is 0 Å². The molecule has 0 saturated heterocycles. The number of anilines is 1. The van der Waals surface area contributed by atoms with Crippen LogP contribution in [0.2, 0.25) is 0 Å². The third-order valence-corrected chi connectivity index (χ3v) is 3.28. The van der Waals surface area contributed by atoms with E-state index in [2.05, 4.69) is 5.16 Å². The highest BCUT2D eigenvalue weighted by Crippen LogP contribution is 2.29. The minimum atomic E-state index is -1.11. The van der Waals surface area contributed by atoms with E-state index in [1.807, 2.05) is 0 Å². The molecule has 94 valence electrons. The molecule has 0 fully saturated rings. The van der Waals surface area contributed by atoms with Crippen LogP contribution in [0.5, 0.6) is 0 Å². The highest BCUT2D eigenvalue weighted by molar-refractivity contribution is 7.98. The van der Waals surface area contributed by atoms with Gasteiger partial charge >= 0.3 is 5.97 Å². The predicted octanol–water partition coefficient (Wildman–Crippen LogP) is 2.39. The summed E-state index contributed by atoms with van der Waals surface area (Å²) in [5.41, 5.74) is 6.10. The average Bonchev–Trinajstić information content (AvgIpc) is 2.79. The Balaban J connectivity index is 2.14. The molecule has 0 aliphatic heterocycles. The monoisotopic (exact) mass is 268 g/mol. The first-order valence-corrected chi connectivity index (χ1v) is 5.91. The van der Waals surface area contributed by atoms with Gasteiger partial charge in [-0.3, -0.25) is 0 Å². The lowest BCUT2D eigenvalue weighted by Gasteiger charge is -2.04. The van der Waals surface area contributed by atoms with Gasteiger partial charge in [-0.15, -0.1) is 11.8 Å². The Hall–Kier alpha value is -2.02. The molecule has 0 aliphatic rings. The van der Waals surface area contributed by atoms with Crippen molar-refractivity contribution < 1.29 is 18.8 Å². The van der Waals surface area contributed by atoms with Crippen LogP contribution in [-0.4, -0.2) is 16.2 Å². The average molecular weight is 268 g/mol. The molecule has 0 saturated carbocycles. The minimum absolute atomic E-state index is 0.00234. The molecule has 0 radical (unpaired) electrons. The highest BCUT2D eigenvalue weighted by atomic mass is 32.2. The Kier molecular flexibility index (Phi) is 3.52. The number of carbonyl (C=O) groups is 1. The summed E-state index contributed by atoms with van der Waals surface area (Å²) in [6.45, 7) is 0. The maximum atomic E-state index is 13.0. The molecule has 2 rings (SSSR count). The third-order valence-electron chi connectivity index (χ3n) is 2.21. The summed E-state index contributed by atoms with van der Waals surface area (Å²) in [4.78, 5) is 11.4. The van der Waals surface area contributed by atoms with Crippen molar-refractivity contribution in [1.29, 1.82) is 0 Å². The zero-order chi connectivity index (χ0) is 13.1. The van der Waals surface area contributed by atoms with Crippen LogP contribution in [-0.2, 0) is 5.75 Å². The van der Waals surface area contributed by atoms with Crippen molar-refractivity contribution in [3.05, 3.63) is 41.5 Å². The lowest BCUT2D eigenvalue weighted by molar-refractivity contribution is 0.0695. The Bertz CT molecular complexity index is 585. The van der Waals surface area contributed by atoms with Crippen molar-refractivity contribution in [1.82, 2.24) is 5.16 Å². The van der Waals surface area contributed by atoms with Gasteiger partial charge in [0.25, 0.3) is 0 Å². The van der Waals surface area contributed by atoms with Gasteiger partial charge in [-0.25, -0.2) is 9.18 Å². The zero-order valence-electron chi connectivity index (χ0n) is 9.09. The second-order valence-corrected chi connectivity index (χ2v) is 4.46. The number of benzene rings is 1. The molecule has 0 spiro atoms. The summed E-state index contributed by atoms with van der Waals surface area (Å²) in [7, 11) is 0. The molecule has 2 aromatic rings. The molecular formula is C11H9FN2O3S. The number of rotatable bonds is 4. The van der Waals surface area contributed by atoms with Crippen molar-refractivity contribution in [2.24, 2.45) is 0 Å². The van der Waals surface area contributed by atoms with Crippen molar-refractivity contribution in [3.8, 4) is 0 Å². The van der Waals surface area contributed by atoms with Crippen LogP contribution in [0.15, 0.2) is 33.8 Å². The molecule has 18 heavy (non-hydrogen) atoms. The molecule has 0 bridgehead atoms. The fourth-order valence-corrected chi connectivity index (χ4v) is 2.24. The number of aromatic nitrogens is 1. The van der Waals surface area contributed by atoms with E-state index in [9.17, 15) is 9.18 Å². The van der Waals surface area contributed by atoms with Crippen molar-refractivity contribution in [2.45, 2.75) is 10.6 Å². The molecule has 0 unspecified atom stereocenters. The van der Waals surface area contributed by atoms with Gasteiger partial charge in [-0.2, -0.15) is 0 Å². The highest BCUT2D eigenvalue weighted by Gasteiger charge is 2.15. The molecule has 1 aromatic carbocycles. The van der Waals surface area contributed by atoms with Crippen LogP contribution >= 0.6 is 11.8 Å². The summed E-state index contributed by atoms with van der Waals surface area (Å²) in [6.07, 6.45) is 1.13. The maximum absolute atomic E-state index is 13.0. The van der Waals surface area contributed by atoms with Crippen molar-refractivity contribution in [2.75, 3.05) is 5.73 Å². The van der Waals surface area contributed by atoms with Gasteiger partial charge in [-0.05, 0) is 18.2 Å². The Morgan fingerprint density at radius 2 is 2.33 bits per heavy atom. The van der Waals surface area contributed by atoms with Gasteiger partial charge in [0.2, 0.25) is 0 Å². The number of hydrogen-bond donors (Lipinski definition) is 2.